The first kappa shape index (κ1) is 24.0. The van der Waals surface area contributed by atoms with E-state index in [1.807, 2.05) is 6.07 Å². The Morgan fingerprint density at radius 1 is 1.14 bits per heavy atom. The molecule has 11 heteroatoms. The second-order valence-electron chi connectivity index (χ2n) is 7.34. The number of hydrogen-bond donors (Lipinski definition) is 3. The van der Waals surface area contributed by atoms with Gasteiger partial charge in [0.15, 0.2) is 0 Å². The Balaban J connectivity index is 1.75. The third-order valence-corrected chi connectivity index (χ3v) is 6.62. The summed E-state index contributed by atoms with van der Waals surface area (Å²) in [7, 11) is -4.07. The van der Waals surface area contributed by atoms with Crippen molar-refractivity contribution in [1.82, 2.24) is 19.3 Å². The number of halogens is 2. The highest BCUT2D eigenvalue weighted by atomic mass is 35.5. The Labute approximate surface area is 206 Å². The summed E-state index contributed by atoms with van der Waals surface area (Å²) in [6.07, 6.45) is 4.39. The molecule has 2 aromatic carbocycles. The first-order valence-corrected chi connectivity index (χ1v) is 12.0. The second kappa shape index (κ2) is 9.61. The predicted octanol–water partition coefficient (Wildman–Crippen LogP) is 4.06. The fraction of sp³-hybridized carbons (Fsp3) is 0. The molecule has 4 rings (SSSR count). The molecule has 0 saturated carbocycles. The number of pyridine rings is 1. The number of imidazole rings is 1. The molecule has 0 spiro atoms. The summed E-state index contributed by atoms with van der Waals surface area (Å²) in [5, 5.41) is -0.0705. The lowest BCUT2D eigenvalue weighted by Gasteiger charge is -2.13. The van der Waals surface area contributed by atoms with Gasteiger partial charge < -0.3 is 11.5 Å². The minimum absolute atomic E-state index is 0.00876. The summed E-state index contributed by atoms with van der Waals surface area (Å²) in [6, 6.07) is 15.1. The molecule has 0 unspecified atom stereocenters. The molecule has 0 amide bonds. The maximum absolute atomic E-state index is 13.2. The number of aromatic nitrogens is 3. The monoisotopic (exact) mass is 510 g/mol. The van der Waals surface area contributed by atoms with Gasteiger partial charge in [-0.3, -0.25) is 9.29 Å². The molecular formula is C24H20ClFN6O2S. The van der Waals surface area contributed by atoms with E-state index in [0.717, 1.165) is 24.3 Å². The Kier molecular flexibility index (Phi) is 6.59. The Bertz CT molecular complexity index is 1580. The average molecular weight is 511 g/mol. The maximum Gasteiger partial charge on any atom is 0.261 e. The summed E-state index contributed by atoms with van der Waals surface area (Å²) in [6.45, 7) is 3.64. The molecule has 2 aromatic heterocycles. The molecule has 0 aliphatic heterocycles. The van der Waals surface area contributed by atoms with Crippen molar-refractivity contribution < 1.29 is 12.8 Å². The SMILES string of the molecule is C=C(Cl)/C(=C\C(=C/N)c1ccc2nc(N)n(-c3ccccn3)c2c1)NS(=O)(=O)c1ccc(F)cc1. The number of fused-ring (bicyclic) bond motifs is 1. The number of allylic oxidation sites excluding steroid dienone is 3. The number of anilines is 1. The number of nitrogen functional groups attached to an aromatic ring is 1. The molecule has 0 bridgehead atoms. The van der Waals surface area contributed by atoms with Crippen LogP contribution in [0.25, 0.3) is 22.4 Å². The highest BCUT2D eigenvalue weighted by Gasteiger charge is 2.18. The van der Waals surface area contributed by atoms with Crippen molar-refractivity contribution in [3.63, 3.8) is 0 Å². The van der Waals surface area contributed by atoms with Crippen LogP contribution in [0.15, 0.2) is 101 Å². The summed E-state index contributed by atoms with van der Waals surface area (Å²) >= 11 is 6.10. The average Bonchev–Trinajstić information content (AvgIpc) is 3.17. The van der Waals surface area contributed by atoms with Crippen molar-refractivity contribution in [2.75, 3.05) is 5.73 Å². The lowest BCUT2D eigenvalue weighted by Crippen LogP contribution is -2.23. The van der Waals surface area contributed by atoms with Crippen LogP contribution in [0.1, 0.15) is 5.56 Å². The van der Waals surface area contributed by atoms with E-state index in [-0.39, 0.29) is 21.6 Å². The number of hydrogen-bond acceptors (Lipinski definition) is 6. The zero-order valence-corrected chi connectivity index (χ0v) is 19.8. The minimum atomic E-state index is -4.07. The molecule has 35 heavy (non-hydrogen) atoms. The van der Waals surface area contributed by atoms with E-state index in [2.05, 4.69) is 21.3 Å². The smallest absolute Gasteiger partial charge is 0.261 e. The lowest BCUT2D eigenvalue weighted by atomic mass is 10.0. The summed E-state index contributed by atoms with van der Waals surface area (Å²) < 4.78 is 42.9. The van der Waals surface area contributed by atoms with Crippen LogP contribution in [-0.4, -0.2) is 23.0 Å². The van der Waals surface area contributed by atoms with Crippen LogP contribution < -0.4 is 16.2 Å². The van der Waals surface area contributed by atoms with Crippen molar-refractivity contribution >= 4 is 44.2 Å². The number of rotatable bonds is 7. The van der Waals surface area contributed by atoms with Gasteiger partial charge in [0.05, 0.1) is 26.7 Å². The van der Waals surface area contributed by atoms with Gasteiger partial charge in [0.25, 0.3) is 10.0 Å². The van der Waals surface area contributed by atoms with Crippen LogP contribution in [0.5, 0.6) is 0 Å². The first-order chi connectivity index (χ1) is 16.7. The minimum Gasteiger partial charge on any atom is -0.404 e. The summed E-state index contributed by atoms with van der Waals surface area (Å²) in [4.78, 5) is 8.57. The lowest BCUT2D eigenvalue weighted by molar-refractivity contribution is 0.588. The molecule has 8 nitrogen and oxygen atoms in total. The van der Waals surface area contributed by atoms with Crippen molar-refractivity contribution in [2.24, 2.45) is 5.73 Å². The van der Waals surface area contributed by atoms with Crippen LogP contribution in [0, 0.1) is 5.82 Å². The number of benzene rings is 2. The van der Waals surface area contributed by atoms with E-state index < -0.39 is 15.8 Å². The van der Waals surface area contributed by atoms with Gasteiger partial charge in [-0.1, -0.05) is 30.3 Å². The fourth-order valence-corrected chi connectivity index (χ4v) is 4.61. The molecular weight excluding hydrogens is 491 g/mol. The standard InChI is InChI=1S/C24H20ClFN6O2S/c1-15(25)21(31-35(33,34)19-8-6-18(26)7-9-19)12-17(14-27)16-5-10-20-22(13-16)32(24(28)30-20)23-4-2-3-11-29-23/h2-14,31H,1,27H2,(H2,28,30)/b17-14+,21-12+. The van der Waals surface area contributed by atoms with Crippen LogP contribution in [-0.2, 0) is 10.0 Å². The predicted molar refractivity (Wildman–Crippen MR) is 135 cm³/mol. The Morgan fingerprint density at radius 2 is 1.89 bits per heavy atom. The van der Waals surface area contributed by atoms with Gasteiger partial charge in [-0.2, -0.15) is 0 Å². The quantitative estimate of drug-likeness (QED) is 0.322. The summed E-state index contributed by atoms with van der Waals surface area (Å²) in [5.74, 6) is 0.280. The molecule has 4 aromatic rings. The fourth-order valence-electron chi connectivity index (χ4n) is 3.36. The van der Waals surface area contributed by atoms with Gasteiger partial charge >= 0.3 is 0 Å². The van der Waals surface area contributed by atoms with Crippen LogP contribution in [0.3, 0.4) is 0 Å². The molecule has 2 heterocycles. The zero-order chi connectivity index (χ0) is 25.2. The first-order valence-electron chi connectivity index (χ1n) is 10.2. The van der Waals surface area contributed by atoms with Crippen molar-refractivity contribution in [1.29, 1.82) is 0 Å². The van der Waals surface area contributed by atoms with Crippen molar-refractivity contribution in [3.8, 4) is 5.82 Å². The highest BCUT2D eigenvalue weighted by Crippen LogP contribution is 2.27. The number of nitrogens with zero attached hydrogens (tertiary/aromatic N) is 3. The van der Waals surface area contributed by atoms with Gasteiger partial charge in [-0.05, 0) is 65.7 Å². The van der Waals surface area contributed by atoms with Crippen LogP contribution in [0.2, 0.25) is 0 Å². The molecule has 0 fully saturated rings. The summed E-state index contributed by atoms with van der Waals surface area (Å²) in [5.41, 5.74) is 14.4. The van der Waals surface area contributed by atoms with Gasteiger partial charge in [-0.15, -0.1) is 0 Å². The second-order valence-corrected chi connectivity index (χ2v) is 9.48. The van der Waals surface area contributed by atoms with E-state index in [1.165, 1.54) is 12.3 Å². The van der Waals surface area contributed by atoms with Crippen molar-refractivity contribution in [3.05, 3.63) is 108 Å². The van der Waals surface area contributed by atoms with E-state index in [9.17, 15) is 12.8 Å². The zero-order valence-electron chi connectivity index (χ0n) is 18.2. The third-order valence-electron chi connectivity index (χ3n) is 5.03. The molecule has 0 aliphatic carbocycles. The Morgan fingerprint density at radius 3 is 2.51 bits per heavy atom. The topological polar surface area (TPSA) is 129 Å². The Hall–Kier alpha value is -4.15. The van der Waals surface area contributed by atoms with E-state index >= 15 is 0 Å². The van der Waals surface area contributed by atoms with E-state index in [1.54, 1.807) is 41.1 Å². The number of nitrogens with two attached hydrogens (primary N) is 2. The van der Waals surface area contributed by atoms with Gasteiger partial charge in [-0.25, -0.2) is 22.8 Å². The van der Waals surface area contributed by atoms with Crippen LogP contribution in [0.4, 0.5) is 10.3 Å². The van der Waals surface area contributed by atoms with Gasteiger partial charge in [0.1, 0.15) is 11.6 Å². The normalized spacial score (nSPS) is 12.6. The number of sulfonamides is 1. The molecule has 0 radical (unpaired) electrons. The van der Waals surface area contributed by atoms with Crippen molar-refractivity contribution in [2.45, 2.75) is 4.90 Å². The largest absolute Gasteiger partial charge is 0.404 e. The molecule has 5 N–H and O–H groups in total. The maximum atomic E-state index is 13.2. The number of nitrogens with one attached hydrogen (secondary N) is 1. The molecule has 0 atom stereocenters. The molecule has 178 valence electrons. The van der Waals surface area contributed by atoms with E-state index in [0.29, 0.717) is 28.0 Å². The third kappa shape index (κ3) is 5.03. The van der Waals surface area contributed by atoms with E-state index in [4.69, 9.17) is 23.1 Å². The van der Waals surface area contributed by atoms with Crippen LogP contribution >= 0.6 is 11.6 Å². The van der Waals surface area contributed by atoms with Gasteiger partial charge in [0.2, 0.25) is 5.95 Å². The van der Waals surface area contributed by atoms with Gasteiger partial charge in [0, 0.05) is 12.4 Å². The molecule has 0 aliphatic rings. The highest BCUT2D eigenvalue weighted by molar-refractivity contribution is 7.89. The molecule has 0 saturated heterocycles.